The van der Waals surface area contributed by atoms with Crippen LogP contribution in [-0.4, -0.2) is 60.5 Å². The predicted molar refractivity (Wildman–Crippen MR) is 114 cm³/mol. The van der Waals surface area contributed by atoms with E-state index in [1.165, 1.54) is 19.3 Å². The smallest absolute Gasteiger partial charge is 0.223 e. The fourth-order valence-electron chi connectivity index (χ4n) is 3.40. The van der Waals surface area contributed by atoms with Gasteiger partial charge in [-0.2, -0.15) is 11.8 Å². The summed E-state index contributed by atoms with van der Waals surface area (Å²) in [6, 6.07) is 0. The monoisotopic (exact) mass is 468 g/mol. The summed E-state index contributed by atoms with van der Waals surface area (Å²) in [5.41, 5.74) is 0. The summed E-state index contributed by atoms with van der Waals surface area (Å²) in [5.74, 6) is 2.55. The first-order valence-corrected chi connectivity index (χ1v) is 9.88. The molecule has 7 heteroatoms. The Morgan fingerprint density at radius 2 is 1.88 bits per heavy atom. The van der Waals surface area contributed by atoms with Crippen molar-refractivity contribution in [1.82, 2.24) is 15.5 Å². The van der Waals surface area contributed by atoms with Gasteiger partial charge < -0.3 is 15.5 Å². The summed E-state index contributed by atoms with van der Waals surface area (Å²) in [6.45, 7) is 7.99. The Balaban J connectivity index is 0.00000288. The van der Waals surface area contributed by atoms with Crippen LogP contribution in [0.3, 0.4) is 0 Å². The zero-order chi connectivity index (χ0) is 16.7. The molecule has 1 saturated carbocycles. The highest BCUT2D eigenvalue weighted by molar-refractivity contribution is 14.0. The average molecular weight is 468 g/mol. The molecule has 1 saturated heterocycles. The van der Waals surface area contributed by atoms with Gasteiger partial charge in [0.05, 0.1) is 0 Å². The van der Waals surface area contributed by atoms with Gasteiger partial charge in [0.15, 0.2) is 5.96 Å². The largest absolute Gasteiger partial charge is 0.354 e. The Morgan fingerprint density at radius 3 is 2.50 bits per heavy atom. The number of carbonyl (C=O) groups is 1. The van der Waals surface area contributed by atoms with Crippen LogP contribution in [0.1, 0.15) is 46.0 Å². The molecule has 0 aromatic rings. The summed E-state index contributed by atoms with van der Waals surface area (Å²) in [7, 11) is 1.83. The molecule has 2 rings (SSSR count). The maximum atomic E-state index is 12.1. The van der Waals surface area contributed by atoms with Gasteiger partial charge >= 0.3 is 0 Å². The number of hydrogen-bond donors (Lipinski definition) is 2. The van der Waals surface area contributed by atoms with Crippen molar-refractivity contribution in [3.63, 3.8) is 0 Å². The second kappa shape index (κ2) is 10.7. The van der Waals surface area contributed by atoms with Gasteiger partial charge in [0, 0.05) is 49.6 Å². The van der Waals surface area contributed by atoms with Gasteiger partial charge in [-0.1, -0.05) is 19.3 Å². The molecule has 0 unspecified atom stereocenters. The highest BCUT2D eigenvalue weighted by atomic mass is 127. The molecule has 1 aliphatic heterocycles. The van der Waals surface area contributed by atoms with Crippen molar-refractivity contribution in [2.24, 2.45) is 10.9 Å². The highest BCUT2D eigenvalue weighted by Crippen LogP contribution is 2.29. The summed E-state index contributed by atoms with van der Waals surface area (Å²) in [4.78, 5) is 18.8. The molecule has 0 aromatic carbocycles. The lowest BCUT2D eigenvalue weighted by Crippen LogP contribution is -2.52. The maximum absolute atomic E-state index is 12.1. The van der Waals surface area contributed by atoms with Crippen LogP contribution in [-0.2, 0) is 4.79 Å². The summed E-state index contributed by atoms with van der Waals surface area (Å²) in [5, 5.41) is 6.46. The van der Waals surface area contributed by atoms with E-state index in [-0.39, 0.29) is 40.5 Å². The van der Waals surface area contributed by atoms with E-state index < -0.39 is 0 Å². The number of hydrogen-bond acceptors (Lipinski definition) is 3. The first kappa shape index (κ1) is 21.9. The van der Waals surface area contributed by atoms with Gasteiger partial charge in [-0.3, -0.25) is 9.79 Å². The minimum Gasteiger partial charge on any atom is -0.354 e. The number of halogens is 1. The molecule has 24 heavy (non-hydrogen) atoms. The number of guanidine groups is 1. The molecule has 0 atom stereocenters. The number of nitrogens with zero attached hydrogens (tertiary/aromatic N) is 2. The predicted octanol–water partition coefficient (Wildman–Crippen LogP) is 2.70. The van der Waals surface area contributed by atoms with E-state index in [2.05, 4.69) is 34.4 Å². The average Bonchev–Trinajstić information content (AvgIpc) is 2.54. The van der Waals surface area contributed by atoms with Crippen LogP contribution in [0.15, 0.2) is 4.99 Å². The molecule has 2 aliphatic rings. The fraction of sp³-hybridized carbons (Fsp3) is 0.882. The second-order valence-electron chi connectivity index (χ2n) is 7.13. The van der Waals surface area contributed by atoms with Crippen LogP contribution < -0.4 is 10.6 Å². The zero-order valence-electron chi connectivity index (χ0n) is 15.3. The van der Waals surface area contributed by atoms with E-state index in [1.54, 1.807) is 0 Å². The summed E-state index contributed by atoms with van der Waals surface area (Å²) in [6.07, 6.45) is 5.80. The van der Waals surface area contributed by atoms with Crippen LogP contribution in [0.2, 0.25) is 0 Å². The van der Waals surface area contributed by atoms with Gasteiger partial charge in [0.2, 0.25) is 5.91 Å². The normalized spacial score (nSPS) is 21.8. The minimum atomic E-state index is 0. The Morgan fingerprint density at radius 1 is 1.21 bits per heavy atom. The van der Waals surface area contributed by atoms with Crippen molar-refractivity contribution < 1.29 is 4.79 Å². The number of nitrogens with one attached hydrogen (secondary N) is 2. The lowest BCUT2D eigenvalue weighted by Gasteiger charge is -2.39. The van der Waals surface area contributed by atoms with Crippen molar-refractivity contribution in [3.05, 3.63) is 0 Å². The topological polar surface area (TPSA) is 56.7 Å². The minimum absolute atomic E-state index is 0. The van der Waals surface area contributed by atoms with E-state index in [0.717, 1.165) is 44.2 Å². The van der Waals surface area contributed by atoms with Crippen molar-refractivity contribution >= 4 is 47.6 Å². The zero-order valence-corrected chi connectivity index (χ0v) is 18.4. The van der Waals surface area contributed by atoms with Crippen LogP contribution >= 0.6 is 35.7 Å². The molecule has 1 amide bonds. The van der Waals surface area contributed by atoms with Gasteiger partial charge in [0.25, 0.3) is 0 Å². The summed E-state index contributed by atoms with van der Waals surface area (Å²) < 4.78 is 0.269. The van der Waals surface area contributed by atoms with E-state index in [0.29, 0.717) is 6.54 Å². The molecule has 2 fully saturated rings. The Labute approximate surface area is 168 Å². The van der Waals surface area contributed by atoms with Crippen molar-refractivity contribution in [2.45, 2.75) is 50.7 Å². The summed E-state index contributed by atoms with van der Waals surface area (Å²) >= 11 is 2.02. The van der Waals surface area contributed by atoms with Crippen molar-refractivity contribution in [3.8, 4) is 0 Å². The van der Waals surface area contributed by atoms with Crippen LogP contribution in [0.5, 0.6) is 0 Å². The first-order chi connectivity index (χ1) is 11.0. The lowest BCUT2D eigenvalue weighted by molar-refractivity contribution is -0.125. The third-order valence-corrected chi connectivity index (χ3v) is 5.92. The number of amides is 1. The first-order valence-electron chi connectivity index (χ1n) is 8.89. The number of aliphatic imine (C=N–C) groups is 1. The molecule has 0 spiro atoms. The Kier molecular flexibility index (Phi) is 9.77. The van der Waals surface area contributed by atoms with E-state index in [4.69, 9.17) is 0 Å². The molecular weight excluding hydrogens is 435 g/mol. The number of carbonyl (C=O) groups excluding carboxylic acids is 1. The number of rotatable bonds is 4. The third-order valence-electron chi connectivity index (χ3n) is 4.62. The standard InChI is InChI=1S/C17H32N4OS.HI/c1-17(2)13-21(11-12-23-17)16(18-3)20-10-9-19-15(22)14-7-5-4-6-8-14;/h14H,4-13H2,1-3H3,(H,18,20)(H,19,22);1H. The van der Waals surface area contributed by atoms with Crippen LogP contribution in [0.25, 0.3) is 0 Å². The lowest BCUT2D eigenvalue weighted by atomic mass is 9.89. The van der Waals surface area contributed by atoms with Crippen LogP contribution in [0.4, 0.5) is 0 Å². The molecule has 5 nitrogen and oxygen atoms in total. The third kappa shape index (κ3) is 6.98. The molecule has 0 radical (unpaired) electrons. The second-order valence-corrected chi connectivity index (χ2v) is 8.93. The molecular formula is C17H33IN4OS. The quantitative estimate of drug-likeness (QED) is 0.288. The van der Waals surface area contributed by atoms with Gasteiger partial charge in [-0.15, -0.1) is 24.0 Å². The van der Waals surface area contributed by atoms with Crippen molar-refractivity contribution in [1.29, 1.82) is 0 Å². The van der Waals surface area contributed by atoms with E-state index >= 15 is 0 Å². The molecule has 0 bridgehead atoms. The number of thioether (sulfide) groups is 1. The van der Waals surface area contributed by atoms with E-state index in [9.17, 15) is 4.79 Å². The molecule has 0 aromatic heterocycles. The van der Waals surface area contributed by atoms with Gasteiger partial charge in [-0.05, 0) is 26.7 Å². The molecule has 1 heterocycles. The van der Waals surface area contributed by atoms with Crippen LogP contribution in [0, 0.1) is 5.92 Å². The van der Waals surface area contributed by atoms with Gasteiger partial charge in [0.1, 0.15) is 0 Å². The maximum Gasteiger partial charge on any atom is 0.223 e. The van der Waals surface area contributed by atoms with Crippen molar-refractivity contribution in [2.75, 3.05) is 39.0 Å². The SMILES string of the molecule is CN=C(NCCNC(=O)C1CCCCC1)N1CCSC(C)(C)C1.I. The van der Waals surface area contributed by atoms with E-state index in [1.807, 2.05) is 18.8 Å². The molecule has 2 N–H and O–H groups in total. The highest BCUT2D eigenvalue weighted by Gasteiger charge is 2.28. The van der Waals surface area contributed by atoms with Gasteiger partial charge in [-0.25, -0.2) is 0 Å². The molecule has 140 valence electrons. The Bertz CT molecular complexity index is 425. The Hall–Kier alpha value is -0.180. The fourth-order valence-corrected chi connectivity index (χ4v) is 4.51. The molecule has 1 aliphatic carbocycles.